The molecular weight excluding hydrogens is 750 g/mol. The number of aliphatic hydroxyl groups is 10. The molecule has 4 aromatic rings. The Morgan fingerprint density at radius 3 is 2.12 bits per heavy atom. The lowest BCUT2D eigenvalue weighted by Gasteiger charge is -2.36. The molecule has 0 bridgehead atoms. The molecular formula is C36H54N9O12+. The number of nitrogens with two attached hydrogens (primary N) is 1. The van der Waals surface area contributed by atoms with Gasteiger partial charge in [0.15, 0.2) is 28.2 Å². The number of nitrogen functional groups attached to an aromatic ring is 1. The molecule has 0 aliphatic carbocycles. The van der Waals surface area contributed by atoms with Crippen molar-refractivity contribution >= 4 is 39.8 Å². The molecule has 1 aliphatic heterocycles. The molecule has 21 heteroatoms. The summed E-state index contributed by atoms with van der Waals surface area (Å²) in [5.74, 6) is -0.101. The number of aryl methyl sites for hydroxylation is 2. The lowest BCUT2D eigenvalue weighted by Crippen LogP contribution is -2.55. The number of benzene rings is 1. The maximum atomic E-state index is 14.0. The number of carbonyl (C=O) groups excluding carboxylic acids is 2. The third-order valence-corrected chi connectivity index (χ3v) is 10.6. The van der Waals surface area contributed by atoms with Crippen LogP contribution >= 0.6 is 0 Å². The van der Waals surface area contributed by atoms with Gasteiger partial charge in [0.25, 0.3) is 17.6 Å². The minimum Gasteiger partial charge on any atom is -0.394 e. The summed E-state index contributed by atoms with van der Waals surface area (Å²) in [5.41, 5.74) is 8.89. The highest BCUT2D eigenvalue weighted by molar-refractivity contribution is 5.98. The summed E-state index contributed by atoms with van der Waals surface area (Å²) >= 11 is 0. The Kier molecular flexibility index (Phi) is 14.5. The predicted molar refractivity (Wildman–Crippen MR) is 201 cm³/mol. The van der Waals surface area contributed by atoms with Crippen molar-refractivity contribution in [2.45, 2.75) is 94.8 Å². The molecule has 0 saturated carbocycles. The second-order valence-electron chi connectivity index (χ2n) is 14.2. The van der Waals surface area contributed by atoms with Gasteiger partial charge in [-0.15, -0.1) is 0 Å². The minimum atomic E-state index is -1.94. The second kappa shape index (κ2) is 18.9. The molecule has 5 rings (SSSR count). The van der Waals surface area contributed by atoms with Crippen molar-refractivity contribution in [3.63, 3.8) is 0 Å². The van der Waals surface area contributed by atoms with Crippen LogP contribution in [0.2, 0.25) is 0 Å². The van der Waals surface area contributed by atoms with Gasteiger partial charge in [0, 0.05) is 50.0 Å². The lowest BCUT2D eigenvalue weighted by molar-refractivity contribution is -0.676. The number of anilines is 1. The van der Waals surface area contributed by atoms with Crippen molar-refractivity contribution in [3.05, 3.63) is 47.5 Å². The van der Waals surface area contributed by atoms with Gasteiger partial charge in [-0.25, -0.2) is 19.1 Å². The van der Waals surface area contributed by atoms with E-state index in [2.05, 4.69) is 20.3 Å². The molecule has 14 N–H and O–H groups in total. The number of nitrogens with zero attached hydrogens (tertiary/aromatic N) is 6. The van der Waals surface area contributed by atoms with Crippen molar-refractivity contribution < 1.29 is 65.2 Å². The summed E-state index contributed by atoms with van der Waals surface area (Å²) in [4.78, 5) is 41.7. The van der Waals surface area contributed by atoms with Crippen LogP contribution in [0.4, 0.5) is 5.82 Å². The Morgan fingerprint density at radius 2 is 1.54 bits per heavy atom. The van der Waals surface area contributed by atoms with Crippen molar-refractivity contribution in [1.82, 2.24) is 34.6 Å². The fourth-order valence-corrected chi connectivity index (χ4v) is 7.32. The average molecular weight is 805 g/mol. The molecule has 1 saturated heterocycles. The van der Waals surface area contributed by atoms with Gasteiger partial charge < -0.3 is 72.0 Å². The van der Waals surface area contributed by atoms with Crippen LogP contribution in [0.5, 0.6) is 0 Å². The standard InChI is InChI=1S/C36H53N9O12/c1-3-44-21-6-5-18(11-22(21)45(4-2)27(44)12-39-35(56)28-33(37)41-34-20(40-28)7-9-38-34)36(57)42-10-8-19(13-42)43(14-23(48)29(52)31(54)25(50)16-46)15-24(49)30(53)32(55)26(51)17-47/h5-7,9,11,19,23-26,29-32,46-55H,3-4,8,10,12-17H2,1-2H3,(H3-,37,38,39,40,41,56)/p+1/t19-,23?,24?,25?,26?,29?,30?,31?,32?/m1/s1. The van der Waals surface area contributed by atoms with Crippen molar-refractivity contribution in [2.75, 3.05) is 45.1 Å². The van der Waals surface area contributed by atoms with E-state index in [1.54, 1.807) is 29.3 Å². The first-order valence-corrected chi connectivity index (χ1v) is 18.8. The van der Waals surface area contributed by atoms with Gasteiger partial charge in [-0.3, -0.25) is 14.5 Å². The van der Waals surface area contributed by atoms with Gasteiger partial charge in [-0.1, -0.05) is 0 Å². The maximum absolute atomic E-state index is 14.0. The molecule has 314 valence electrons. The van der Waals surface area contributed by atoms with E-state index in [0.717, 1.165) is 16.9 Å². The Bertz CT molecular complexity index is 1960. The quantitative estimate of drug-likeness (QED) is 0.0395. The second-order valence-corrected chi connectivity index (χ2v) is 14.2. The summed E-state index contributed by atoms with van der Waals surface area (Å²) in [6.45, 7) is 2.67. The topological polar surface area (TPSA) is 331 Å². The van der Waals surface area contributed by atoms with E-state index in [4.69, 9.17) is 5.73 Å². The highest BCUT2D eigenvalue weighted by Gasteiger charge is 2.39. The molecule has 0 spiro atoms. The molecule has 9 atom stereocenters. The van der Waals surface area contributed by atoms with E-state index in [0.29, 0.717) is 36.2 Å². The van der Waals surface area contributed by atoms with Crippen LogP contribution in [0, 0.1) is 0 Å². The van der Waals surface area contributed by atoms with Crippen LogP contribution in [0.1, 0.15) is 46.9 Å². The zero-order valence-corrected chi connectivity index (χ0v) is 31.7. The SMILES string of the molecule is CCn1c(CNC(=O)c2nc3cc[nH]c3nc2N)[n+](CC)c2ccc(C(=O)N3CC[C@@H](N(CC(O)C(O)C(O)C(O)CO)CC(O)C(O)C(O)C(O)CO)C3)cc21. The Balaban J connectivity index is 1.35. The van der Waals surface area contributed by atoms with E-state index < -0.39 is 87.1 Å². The lowest BCUT2D eigenvalue weighted by atomic mass is 10.00. The van der Waals surface area contributed by atoms with Crippen LogP contribution in [-0.4, -0.2) is 186 Å². The van der Waals surface area contributed by atoms with Crippen molar-refractivity contribution in [3.8, 4) is 0 Å². The number of fused-ring (bicyclic) bond motifs is 2. The number of aliphatic hydroxyl groups excluding tert-OH is 10. The third-order valence-electron chi connectivity index (χ3n) is 10.6. The van der Waals surface area contributed by atoms with Gasteiger partial charge in [0.1, 0.15) is 48.7 Å². The van der Waals surface area contributed by atoms with Crippen molar-refractivity contribution in [1.29, 1.82) is 0 Å². The number of carbonyl (C=O) groups is 2. The maximum Gasteiger partial charge on any atom is 0.277 e. The number of hydrogen-bond donors (Lipinski definition) is 13. The molecule has 3 aromatic heterocycles. The highest BCUT2D eigenvalue weighted by atomic mass is 16.4. The van der Waals surface area contributed by atoms with E-state index in [1.807, 2.05) is 29.0 Å². The molecule has 0 radical (unpaired) electrons. The van der Waals surface area contributed by atoms with Crippen LogP contribution in [0.25, 0.3) is 22.2 Å². The van der Waals surface area contributed by atoms with Gasteiger partial charge in [-0.05, 0) is 38.5 Å². The molecule has 4 heterocycles. The number of amides is 2. The summed E-state index contributed by atoms with van der Waals surface area (Å²) in [5, 5.41) is 104. The number of H-pyrrole nitrogens is 1. The first-order valence-electron chi connectivity index (χ1n) is 18.8. The molecule has 1 aromatic carbocycles. The third kappa shape index (κ3) is 9.34. The Labute approximate surface area is 326 Å². The number of aromatic amines is 1. The van der Waals surface area contributed by atoms with Crippen LogP contribution in [-0.2, 0) is 19.6 Å². The Hall–Kier alpha value is -4.39. The van der Waals surface area contributed by atoms with Crippen LogP contribution in [0.3, 0.4) is 0 Å². The van der Waals surface area contributed by atoms with Crippen LogP contribution in [0.15, 0.2) is 30.5 Å². The van der Waals surface area contributed by atoms with Gasteiger partial charge in [0.05, 0.1) is 38.5 Å². The smallest absolute Gasteiger partial charge is 0.277 e. The van der Waals surface area contributed by atoms with Crippen LogP contribution < -0.4 is 15.6 Å². The molecule has 21 nitrogen and oxygen atoms in total. The average Bonchev–Trinajstić information content (AvgIpc) is 3.97. The molecule has 2 amide bonds. The van der Waals surface area contributed by atoms with Gasteiger partial charge >= 0.3 is 0 Å². The minimum absolute atomic E-state index is 0.00720. The molecule has 8 unspecified atom stereocenters. The van der Waals surface area contributed by atoms with Crippen molar-refractivity contribution in [2.24, 2.45) is 0 Å². The zero-order chi connectivity index (χ0) is 41.7. The Morgan fingerprint density at radius 1 is 0.930 bits per heavy atom. The van der Waals surface area contributed by atoms with E-state index in [-0.39, 0.29) is 37.1 Å². The summed E-state index contributed by atoms with van der Waals surface area (Å²) in [7, 11) is 0. The first kappa shape index (κ1) is 43.7. The zero-order valence-electron chi connectivity index (χ0n) is 31.7. The monoisotopic (exact) mass is 804 g/mol. The number of imidazole rings is 1. The number of aromatic nitrogens is 5. The summed E-state index contributed by atoms with van der Waals surface area (Å²) in [6.07, 6.45) is -12.8. The predicted octanol–water partition coefficient (Wildman–Crippen LogP) is -4.86. The van der Waals surface area contributed by atoms with E-state index in [1.165, 1.54) is 4.90 Å². The fraction of sp³-hybridized carbons (Fsp3) is 0.583. The fourth-order valence-electron chi connectivity index (χ4n) is 7.32. The van der Waals surface area contributed by atoms with Gasteiger partial charge in [0.2, 0.25) is 0 Å². The van der Waals surface area contributed by atoms with Gasteiger partial charge in [-0.2, -0.15) is 0 Å². The molecule has 57 heavy (non-hydrogen) atoms. The summed E-state index contributed by atoms with van der Waals surface area (Å²) < 4.78 is 4.01. The number of rotatable bonds is 19. The largest absolute Gasteiger partial charge is 0.394 e. The number of likely N-dealkylation sites (tertiary alicyclic amines) is 1. The molecule has 1 fully saturated rings. The summed E-state index contributed by atoms with van der Waals surface area (Å²) in [6, 6.07) is 6.36. The van der Waals surface area contributed by atoms with E-state index in [9.17, 15) is 60.7 Å². The number of nitrogens with one attached hydrogen (secondary N) is 2. The van der Waals surface area contributed by atoms with E-state index >= 15 is 0 Å². The highest BCUT2D eigenvalue weighted by Crippen LogP contribution is 2.24. The molecule has 1 aliphatic rings. The number of hydrogen-bond acceptors (Lipinski definition) is 16. The first-order chi connectivity index (χ1) is 27.1. The normalized spacial score (nSPS) is 19.1.